The fraction of sp³-hybridized carbons (Fsp3) is 0.857. The molecule has 0 rings (SSSR count). The van der Waals surface area contributed by atoms with Gasteiger partial charge in [-0.15, -0.1) is 0 Å². The average molecular weight is 273 g/mol. The Morgan fingerprint density at radius 3 is 2.47 bits per heavy atom. The highest BCUT2D eigenvalue weighted by Gasteiger charge is 2.16. The number of amides is 1. The first-order valence-electron chi connectivity index (χ1n) is 4.19. The zero-order chi connectivity index (χ0) is 11.7. The van der Waals surface area contributed by atoms with Crippen molar-refractivity contribution in [2.24, 2.45) is 0 Å². The van der Waals surface area contributed by atoms with Crippen molar-refractivity contribution in [2.45, 2.75) is 6.42 Å². The van der Waals surface area contributed by atoms with Crippen LogP contribution >= 0.6 is 17.1 Å². The van der Waals surface area contributed by atoms with E-state index >= 15 is 0 Å². The summed E-state index contributed by atoms with van der Waals surface area (Å²) in [6, 6.07) is 0. The van der Waals surface area contributed by atoms with Crippen LogP contribution in [0.5, 0.6) is 0 Å². The van der Waals surface area contributed by atoms with E-state index in [-0.39, 0.29) is 12.6 Å². The number of rotatable bonds is 8. The maximum Gasteiger partial charge on any atom is 0.246 e. The van der Waals surface area contributed by atoms with Gasteiger partial charge in [-0.1, -0.05) is 11.4 Å². The summed E-state index contributed by atoms with van der Waals surface area (Å²) < 4.78 is 14.8. The lowest BCUT2D eigenvalue weighted by atomic mass is 10.5. The van der Waals surface area contributed by atoms with Gasteiger partial charge in [0.05, 0.1) is 0 Å². The van der Waals surface area contributed by atoms with Crippen molar-refractivity contribution in [1.29, 1.82) is 0 Å². The molecule has 0 aromatic rings. The Kier molecular flexibility index (Phi) is 8.69. The summed E-state index contributed by atoms with van der Waals surface area (Å²) in [5.74, 6) is 0.507. The highest BCUT2D eigenvalue weighted by atomic mass is 32.9. The molecule has 0 aliphatic rings. The van der Waals surface area contributed by atoms with Crippen LogP contribution in [-0.4, -0.2) is 39.7 Å². The molecule has 0 aliphatic heterocycles. The first-order valence-corrected chi connectivity index (χ1v) is 8.42. The molecule has 90 valence electrons. The van der Waals surface area contributed by atoms with Gasteiger partial charge in [-0.2, -0.15) is 0 Å². The smallest absolute Gasteiger partial charge is 0.246 e. The number of hydrogen-bond acceptors (Lipinski definition) is 6. The highest BCUT2D eigenvalue weighted by Crippen LogP contribution is 2.59. The van der Waals surface area contributed by atoms with E-state index in [2.05, 4.69) is 5.32 Å². The molecular formula is C7H16NO4PS2. The third-order valence-corrected chi connectivity index (χ3v) is 7.27. The molecule has 5 nitrogen and oxygen atoms in total. The van der Waals surface area contributed by atoms with Crippen LogP contribution in [0.25, 0.3) is 0 Å². The van der Waals surface area contributed by atoms with Crippen molar-refractivity contribution in [3.63, 3.8) is 0 Å². The fourth-order valence-corrected chi connectivity index (χ4v) is 3.78. The molecule has 0 atom stereocenters. The molecule has 0 fully saturated rings. The second kappa shape index (κ2) is 8.50. The topological polar surface area (TPSA) is 56.8 Å². The Morgan fingerprint density at radius 2 is 2.00 bits per heavy atom. The predicted molar refractivity (Wildman–Crippen MR) is 65.4 cm³/mol. The molecule has 0 bridgehead atoms. The quantitative estimate of drug-likeness (QED) is 0.532. The zero-order valence-electron chi connectivity index (χ0n) is 9.02. The normalized spacial score (nSPS) is 11.4. The third kappa shape index (κ3) is 7.27. The van der Waals surface area contributed by atoms with Crippen LogP contribution in [0.1, 0.15) is 6.42 Å². The summed E-state index contributed by atoms with van der Waals surface area (Å²) in [5.41, 5.74) is -2.22. The predicted octanol–water partition coefficient (Wildman–Crippen LogP) is 1.35. The highest BCUT2D eigenvalue weighted by molar-refractivity contribution is 8.67. The summed E-state index contributed by atoms with van der Waals surface area (Å²) in [6.07, 6.45) is 0.374. The van der Waals surface area contributed by atoms with Crippen LogP contribution in [0.15, 0.2) is 0 Å². The van der Waals surface area contributed by atoms with Gasteiger partial charge in [0.15, 0.2) is 0 Å². The molecule has 0 saturated carbocycles. The minimum Gasteiger partial charge on any atom is -0.364 e. The number of carbonyl (C=O) groups is 1. The van der Waals surface area contributed by atoms with Gasteiger partial charge in [0.1, 0.15) is 6.73 Å². The maximum absolute atomic E-state index is 11.2. The summed E-state index contributed by atoms with van der Waals surface area (Å²) in [7, 11) is 4.55. The summed E-state index contributed by atoms with van der Waals surface area (Å²) in [4.78, 5) is 11.2. The van der Waals surface area contributed by atoms with E-state index in [1.807, 2.05) is 0 Å². The Hall–Kier alpha value is 0.350. The van der Waals surface area contributed by atoms with Crippen molar-refractivity contribution in [3.8, 4) is 0 Å². The van der Waals surface area contributed by atoms with Gasteiger partial charge in [-0.3, -0.25) is 4.79 Å². The molecule has 0 radical (unpaired) electrons. The monoisotopic (exact) mass is 273 g/mol. The molecule has 1 amide bonds. The molecule has 0 saturated heterocycles. The fourth-order valence-electron chi connectivity index (χ4n) is 0.671. The van der Waals surface area contributed by atoms with E-state index in [1.165, 1.54) is 32.7 Å². The van der Waals surface area contributed by atoms with E-state index in [0.717, 1.165) is 0 Å². The molecule has 0 aromatic carbocycles. The molecular weight excluding hydrogens is 257 g/mol. The lowest BCUT2D eigenvalue weighted by Crippen LogP contribution is -2.25. The molecule has 0 unspecified atom stereocenters. The number of nitrogens with one attached hydrogen (secondary N) is 1. The van der Waals surface area contributed by atoms with E-state index in [1.54, 1.807) is 0 Å². The van der Waals surface area contributed by atoms with Crippen molar-refractivity contribution in [1.82, 2.24) is 5.32 Å². The van der Waals surface area contributed by atoms with E-state index < -0.39 is 5.69 Å². The van der Waals surface area contributed by atoms with Crippen LogP contribution in [-0.2, 0) is 30.4 Å². The lowest BCUT2D eigenvalue weighted by Gasteiger charge is -2.16. The Morgan fingerprint density at radius 1 is 1.40 bits per heavy atom. The average Bonchev–Trinajstić information content (AvgIpc) is 2.26. The molecule has 0 aliphatic carbocycles. The van der Waals surface area contributed by atoms with Crippen molar-refractivity contribution in [3.05, 3.63) is 0 Å². The van der Waals surface area contributed by atoms with Crippen LogP contribution in [0, 0.1) is 0 Å². The number of carbonyl (C=O) groups excluding carboxylic acids is 1. The largest absolute Gasteiger partial charge is 0.364 e. The standard InChI is InChI=1S/C7H16NO4PS2/c1-10-6-8-7(9)4-5-15-13(14,11-2)12-3/h4-6H2,1-3H3,(H,8,9). The minimum absolute atomic E-state index is 0.0712. The molecule has 8 heteroatoms. The van der Waals surface area contributed by atoms with E-state index in [9.17, 15) is 4.79 Å². The first kappa shape index (κ1) is 15.3. The number of ether oxygens (including phenoxy) is 1. The van der Waals surface area contributed by atoms with Crippen LogP contribution < -0.4 is 5.32 Å². The molecule has 15 heavy (non-hydrogen) atoms. The van der Waals surface area contributed by atoms with E-state index in [4.69, 9.17) is 25.6 Å². The number of hydrogen-bond donors (Lipinski definition) is 1. The summed E-state index contributed by atoms with van der Waals surface area (Å²) in [5, 5.41) is 2.58. The molecule has 0 aromatic heterocycles. The molecule has 0 spiro atoms. The minimum atomic E-state index is -2.22. The third-order valence-electron chi connectivity index (χ3n) is 1.44. The second-order valence-electron chi connectivity index (χ2n) is 2.43. The Labute approximate surface area is 99.1 Å². The van der Waals surface area contributed by atoms with Gasteiger partial charge in [-0.05, 0) is 11.8 Å². The van der Waals surface area contributed by atoms with E-state index in [0.29, 0.717) is 12.2 Å². The summed E-state index contributed by atoms with van der Waals surface area (Å²) >= 11 is 6.48. The number of methoxy groups -OCH3 is 1. The van der Waals surface area contributed by atoms with Gasteiger partial charge in [0.25, 0.3) is 0 Å². The van der Waals surface area contributed by atoms with Gasteiger partial charge < -0.3 is 19.1 Å². The summed E-state index contributed by atoms with van der Waals surface area (Å²) in [6.45, 7) is 0.228. The van der Waals surface area contributed by atoms with Crippen molar-refractivity contribution in [2.75, 3.05) is 33.8 Å². The molecule has 1 N–H and O–H groups in total. The van der Waals surface area contributed by atoms with Crippen LogP contribution in [0.3, 0.4) is 0 Å². The first-order chi connectivity index (χ1) is 7.08. The van der Waals surface area contributed by atoms with Crippen LogP contribution in [0.4, 0.5) is 0 Å². The van der Waals surface area contributed by atoms with Crippen molar-refractivity contribution >= 4 is 34.8 Å². The van der Waals surface area contributed by atoms with Crippen molar-refractivity contribution < 1.29 is 18.6 Å². The lowest BCUT2D eigenvalue weighted by molar-refractivity contribution is -0.122. The van der Waals surface area contributed by atoms with Gasteiger partial charge in [0, 0.05) is 33.5 Å². The Balaban J connectivity index is 3.69. The van der Waals surface area contributed by atoms with Gasteiger partial charge in [0.2, 0.25) is 11.6 Å². The zero-order valence-corrected chi connectivity index (χ0v) is 11.5. The second-order valence-corrected chi connectivity index (χ2v) is 9.07. The maximum atomic E-state index is 11.2. The Bertz CT molecular complexity index is 231. The molecule has 0 heterocycles. The van der Waals surface area contributed by atoms with Crippen LogP contribution in [0.2, 0.25) is 0 Å². The SMILES string of the molecule is COCNC(=O)CCSP(=S)(OC)OC. The van der Waals surface area contributed by atoms with Gasteiger partial charge >= 0.3 is 0 Å². The van der Waals surface area contributed by atoms with Gasteiger partial charge in [-0.25, -0.2) is 0 Å².